The number of nitrogens with zero attached hydrogens (tertiary/aromatic N) is 1. The molecule has 0 bridgehead atoms. The van der Waals surface area contributed by atoms with E-state index in [1.165, 1.54) is 0 Å². The van der Waals surface area contributed by atoms with Gasteiger partial charge in [-0.2, -0.15) is 0 Å². The Kier molecular flexibility index (Phi) is 19.1. The molecule has 1 aromatic rings. The Morgan fingerprint density at radius 2 is 1.12 bits per heavy atom. The van der Waals surface area contributed by atoms with Crippen molar-refractivity contribution in [3.8, 4) is 5.75 Å². The fourth-order valence-electron chi connectivity index (χ4n) is 3.92. The Labute approximate surface area is 263 Å². The van der Waals surface area contributed by atoms with Gasteiger partial charge in [-0.3, -0.25) is 4.98 Å². The van der Waals surface area contributed by atoms with Gasteiger partial charge >= 0.3 is 0 Å². The average Bonchev–Trinajstić information content (AvgIpc) is 2.91. The Hall–Kier alpha value is -1.33. The molecule has 0 fully saturated rings. The van der Waals surface area contributed by atoms with Crippen molar-refractivity contribution in [2.24, 2.45) is 0 Å². The first-order valence-corrected chi connectivity index (χ1v) is 16.0. The lowest BCUT2D eigenvalue weighted by Gasteiger charge is -2.32. The number of pyridine rings is 1. The number of nitrogens with one attached hydrogen (secondary N) is 1. The van der Waals surface area contributed by atoms with Crippen LogP contribution in [0.1, 0.15) is 94.2 Å². The maximum atomic E-state index is 6.11. The summed E-state index contributed by atoms with van der Waals surface area (Å²) < 4.78 is 39.8. The summed E-state index contributed by atoms with van der Waals surface area (Å²) in [6.07, 6.45) is 4.71. The highest BCUT2D eigenvalue weighted by Gasteiger charge is 2.24. The number of aromatic nitrogens is 1. The molecule has 0 saturated heterocycles. The molecule has 0 aromatic carbocycles. The van der Waals surface area contributed by atoms with Gasteiger partial charge in [0.05, 0.1) is 90.1 Å². The number of hydrogen-bond acceptors (Lipinski definition) is 9. The van der Waals surface area contributed by atoms with E-state index in [0.29, 0.717) is 72.7 Å². The van der Waals surface area contributed by atoms with Gasteiger partial charge in [-0.25, -0.2) is 0 Å². The molecule has 0 aliphatic heterocycles. The maximum Gasteiger partial charge on any atom is 0.137 e. The second kappa shape index (κ2) is 20.7. The van der Waals surface area contributed by atoms with Crippen LogP contribution in [0.3, 0.4) is 0 Å². The molecule has 0 aliphatic carbocycles. The van der Waals surface area contributed by atoms with E-state index in [1.807, 2.05) is 39.1 Å². The minimum Gasteiger partial charge on any atom is -0.492 e. The lowest BCUT2D eigenvalue weighted by atomic mass is 9.91. The standard InChI is InChI=1S/C34H64N2O7/c1-31(2,3)30-13-12-29(28-35-30)41-17-11-16-36-33(7,8)14-15-34(9,10)43-27-25-40-23-21-38-19-18-37-20-22-39-24-26-42-32(4,5)6/h12-13,28,36H,11,14-27H2,1-10H3. The summed E-state index contributed by atoms with van der Waals surface area (Å²) in [5, 5.41) is 3.66. The van der Waals surface area contributed by atoms with Crippen molar-refractivity contribution < 1.29 is 33.2 Å². The Bertz CT molecular complexity index is 818. The molecule has 1 rings (SSSR count). The molecule has 1 heterocycles. The van der Waals surface area contributed by atoms with Crippen LogP contribution in [0.2, 0.25) is 0 Å². The molecule has 9 heteroatoms. The zero-order chi connectivity index (χ0) is 32.2. The van der Waals surface area contributed by atoms with Crippen LogP contribution in [0, 0.1) is 0 Å². The van der Waals surface area contributed by atoms with Crippen LogP contribution in [0.25, 0.3) is 0 Å². The van der Waals surface area contributed by atoms with E-state index in [2.05, 4.69) is 58.8 Å². The van der Waals surface area contributed by atoms with Crippen LogP contribution in [0.4, 0.5) is 0 Å². The van der Waals surface area contributed by atoms with Gasteiger partial charge < -0.3 is 38.5 Å². The summed E-state index contributed by atoms with van der Waals surface area (Å²) in [7, 11) is 0. The first-order valence-electron chi connectivity index (χ1n) is 16.0. The van der Waals surface area contributed by atoms with Crippen molar-refractivity contribution in [2.75, 3.05) is 79.2 Å². The van der Waals surface area contributed by atoms with Gasteiger partial charge in [0, 0.05) is 16.6 Å². The topological polar surface area (TPSA) is 89.5 Å². The van der Waals surface area contributed by atoms with E-state index >= 15 is 0 Å². The van der Waals surface area contributed by atoms with Crippen molar-refractivity contribution in [3.63, 3.8) is 0 Å². The Balaban J connectivity index is 1.98. The smallest absolute Gasteiger partial charge is 0.137 e. The molecule has 252 valence electrons. The predicted molar refractivity (Wildman–Crippen MR) is 173 cm³/mol. The molecule has 0 aliphatic rings. The van der Waals surface area contributed by atoms with E-state index < -0.39 is 0 Å². The second-order valence-corrected chi connectivity index (χ2v) is 14.2. The predicted octanol–water partition coefficient (Wildman–Crippen LogP) is 5.97. The van der Waals surface area contributed by atoms with Crippen molar-refractivity contribution in [2.45, 2.75) is 111 Å². The summed E-state index contributed by atoms with van der Waals surface area (Å²) in [4.78, 5) is 4.53. The SMILES string of the molecule is CC(C)(CCC(C)(C)OCCOCCOCCOCCOCCOC(C)(C)C)NCCCOc1ccc(C(C)(C)C)nc1. The molecular weight excluding hydrogens is 548 g/mol. The summed E-state index contributed by atoms with van der Waals surface area (Å²) >= 11 is 0. The number of ether oxygens (including phenoxy) is 7. The second-order valence-electron chi connectivity index (χ2n) is 14.2. The van der Waals surface area contributed by atoms with Gasteiger partial charge in [-0.1, -0.05) is 20.8 Å². The van der Waals surface area contributed by atoms with Crippen LogP contribution in [0.5, 0.6) is 5.75 Å². The molecule has 43 heavy (non-hydrogen) atoms. The van der Waals surface area contributed by atoms with Crippen molar-refractivity contribution in [1.29, 1.82) is 0 Å². The highest BCUT2D eigenvalue weighted by atomic mass is 16.6. The molecule has 0 amide bonds. The van der Waals surface area contributed by atoms with E-state index in [4.69, 9.17) is 33.2 Å². The lowest BCUT2D eigenvalue weighted by Crippen LogP contribution is -2.42. The van der Waals surface area contributed by atoms with Gasteiger partial charge in [-0.15, -0.1) is 0 Å². The van der Waals surface area contributed by atoms with Crippen molar-refractivity contribution >= 4 is 0 Å². The fraction of sp³-hybridized carbons (Fsp3) is 0.853. The summed E-state index contributed by atoms with van der Waals surface area (Å²) in [6, 6.07) is 4.06. The monoisotopic (exact) mass is 612 g/mol. The van der Waals surface area contributed by atoms with Gasteiger partial charge in [0.1, 0.15) is 5.75 Å². The zero-order valence-electron chi connectivity index (χ0n) is 29.1. The van der Waals surface area contributed by atoms with E-state index in [-0.39, 0.29) is 22.2 Å². The van der Waals surface area contributed by atoms with E-state index in [0.717, 1.165) is 37.3 Å². The minimum atomic E-state index is -0.213. The fourth-order valence-corrected chi connectivity index (χ4v) is 3.92. The van der Waals surface area contributed by atoms with Crippen LogP contribution in [0.15, 0.2) is 18.3 Å². The van der Waals surface area contributed by atoms with E-state index in [1.54, 1.807) is 0 Å². The molecule has 9 nitrogen and oxygen atoms in total. The minimum absolute atomic E-state index is 0.0160. The first-order chi connectivity index (χ1) is 20.1. The zero-order valence-corrected chi connectivity index (χ0v) is 29.1. The maximum absolute atomic E-state index is 6.11. The van der Waals surface area contributed by atoms with Crippen molar-refractivity contribution in [1.82, 2.24) is 10.3 Å². The summed E-state index contributed by atoms with van der Waals surface area (Å²) in [5.74, 6) is 0.823. The van der Waals surface area contributed by atoms with Crippen LogP contribution in [-0.4, -0.2) is 101 Å². The highest BCUT2D eigenvalue weighted by Crippen LogP contribution is 2.23. The third-order valence-electron chi connectivity index (χ3n) is 6.65. The average molecular weight is 613 g/mol. The van der Waals surface area contributed by atoms with E-state index in [9.17, 15) is 0 Å². The third-order valence-corrected chi connectivity index (χ3v) is 6.65. The van der Waals surface area contributed by atoms with Gasteiger partial charge in [0.15, 0.2) is 0 Å². The normalized spacial score (nSPS) is 13.1. The van der Waals surface area contributed by atoms with Gasteiger partial charge in [0.2, 0.25) is 0 Å². The Morgan fingerprint density at radius 3 is 1.58 bits per heavy atom. The van der Waals surface area contributed by atoms with Crippen molar-refractivity contribution in [3.05, 3.63) is 24.0 Å². The Morgan fingerprint density at radius 1 is 0.605 bits per heavy atom. The van der Waals surface area contributed by atoms with Crippen LogP contribution >= 0.6 is 0 Å². The van der Waals surface area contributed by atoms with Gasteiger partial charge in [-0.05, 0) is 86.4 Å². The summed E-state index contributed by atoms with van der Waals surface area (Å²) in [6.45, 7) is 28.5. The largest absolute Gasteiger partial charge is 0.492 e. The molecule has 1 N–H and O–H groups in total. The molecule has 0 spiro atoms. The van der Waals surface area contributed by atoms with Crippen LogP contribution in [-0.2, 0) is 33.8 Å². The number of rotatable bonds is 25. The van der Waals surface area contributed by atoms with Gasteiger partial charge in [0.25, 0.3) is 0 Å². The molecule has 0 unspecified atom stereocenters. The summed E-state index contributed by atoms with van der Waals surface area (Å²) in [5.41, 5.74) is 0.794. The molecular formula is C34H64N2O7. The molecule has 0 atom stereocenters. The quantitative estimate of drug-likeness (QED) is 0.134. The molecule has 0 saturated carbocycles. The highest BCUT2D eigenvalue weighted by molar-refractivity contribution is 5.23. The molecule has 1 aromatic heterocycles. The number of hydrogen-bond donors (Lipinski definition) is 1. The van der Waals surface area contributed by atoms with Crippen LogP contribution < -0.4 is 10.1 Å². The lowest BCUT2D eigenvalue weighted by molar-refractivity contribution is -0.0617. The molecule has 0 radical (unpaired) electrons. The third kappa shape index (κ3) is 22.8. The first kappa shape index (κ1) is 39.7.